The van der Waals surface area contributed by atoms with Crippen LogP contribution in [0.15, 0.2) is 49.1 Å². The summed E-state index contributed by atoms with van der Waals surface area (Å²) in [7, 11) is 4.50. The predicted molar refractivity (Wildman–Crippen MR) is 108 cm³/mol. The summed E-state index contributed by atoms with van der Waals surface area (Å²) in [6, 6.07) is 7.92. The number of carbonyl (C=O) groups is 2. The summed E-state index contributed by atoms with van der Waals surface area (Å²) in [5.41, 5.74) is 1.57. The van der Waals surface area contributed by atoms with Gasteiger partial charge in [-0.1, -0.05) is 0 Å². The summed E-state index contributed by atoms with van der Waals surface area (Å²) in [6.45, 7) is -0.225. The van der Waals surface area contributed by atoms with Crippen molar-refractivity contribution in [2.75, 3.05) is 27.9 Å². The summed E-state index contributed by atoms with van der Waals surface area (Å²) in [5, 5.41) is 2.59. The van der Waals surface area contributed by atoms with Crippen LogP contribution >= 0.6 is 0 Å². The molecule has 154 valence electrons. The fourth-order valence-corrected chi connectivity index (χ4v) is 2.73. The first-order chi connectivity index (χ1) is 14.6. The highest BCUT2D eigenvalue weighted by molar-refractivity contribution is 6.01. The molecule has 0 saturated heterocycles. The average Bonchev–Trinajstić information content (AvgIpc) is 2.81. The molecule has 3 rings (SSSR count). The first-order valence-electron chi connectivity index (χ1n) is 8.91. The second-order valence-corrected chi connectivity index (χ2v) is 6.05. The zero-order chi connectivity index (χ0) is 21.5. The fraction of sp³-hybridized carbons (Fsp3) is 0.190. The molecule has 9 heteroatoms. The normalized spacial score (nSPS) is 10.2. The smallest absolute Gasteiger partial charge is 0.251 e. The molecular weight excluding hydrogens is 388 g/mol. The molecule has 2 heterocycles. The Morgan fingerprint density at radius 3 is 2.23 bits per heavy atom. The van der Waals surface area contributed by atoms with E-state index in [0.717, 1.165) is 0 Å². The second-order valence-electron chi connectivity index (χ2n) is 6.05. The lowest BCUT2D eigenvalue weighted by molar-refractivity contribution is 0.0902. The van der Waals surface area contributed by atoms with Gasteiger partial charge in [0.25, 0.3) is 5.91 Å². The van der Waals surface area contributed by atoms with E-state index >= 15 is 0 Å². The number of aromatic nitrogens is 3. The third-order valence-electron chi connectivity index (χ3n) is 4.25. The number of pyridine rings is 1. The molecule has 0 radical (unpaired) electrons. The van der Waals surface area contributed by atoms with E-state index in [0.29, 0.717) is 34.1 Å². The Hall–Kier alpha value is -4.01. The molecule has 1 amide bonds. The number of ether oxygens (including phenoxy) is 3. The van der Waals surface area contributed by atoms with Gasteiger partial charge in [-0.05, 0) is 30.3 Å². The van der Waals surface area contributed by atoms with E-state index in [9.17, 15) is 9.59 Å². The number of Topliss-reactive ketones (excluding diaryl/α,β-unsaturated/α-hetero) is 1. The number of methoxy groups -OCH3 is 3. The largest absolute Gasteiger partial charge is 0.494 e. The number of hydrogen-bond donors (Lipinski definition) is 1. The summed E-state index contributed by atoms with van der Waals surface area (Å²) in [4.78, 5) is 37.3. The van der Waals surface area contributed by atoms with Crippen LogP contribution < -0.4 is 19.5 Å². The number of hydrogen-bond acceptors (Lipinski definition) is 8. The summed E-state index contributed by atoms with van der Waals surface area (Å²) in [6.07, 6.45) is 4.55. The Morgan fingerprint density at radius 1 is 0.900 bits per heavy atom. The van der Waals surface area contributed by atoms with E-state index in [1.807, 2.05) is 0 Å². The Balaban J connectivity index is 1.74. The first-order valence-corrected chi connectivity index (χ1v) is 8.91. The Kier molecular flexibility index (Phi) is 6.53. The summed E-state index contributed by atoms with van der Waals surface area (Å²) in [5.74, 6) is 0.628. The van der Waals surface area contributed by atoms with Crippen LogP contribution in [0.1, 0.15) is 20.8 Å². The molecule has 3 aromatic rings. The minimum Gasteiger partial charge on any atom is -0.494 e. The predicted octanol–water partition coefficient (Wildman–Crippen LogP) is 2.18. The standard InChI is InChI=1S/C21H20N4O5/c1-28-17-6-4-13(8-19(17)30-3)21(27)24-11-16(26)15-5-7-18(29-2)20(25-15)14-9-22-12-23-10-14/h4-10,12H,11H2,1-3H3,(H,24,27). The van der Waals surface area contributed by atoms with E-state index in [2.05, 4.69) is 20.3 Å². The monoisotopic (exact) mass is 408 g/mol. The molecule has 1 aromatic carbocycles. The molecule has 0 atom stereocenters. The fourth-order valence-electron chi connectivity index (χ4n) is 2.73. The molecule has 30 heavy (non-hydrogen) atoms. The van der Waals surface area contributed by atoms with Crippen LogP contribution in [-0.4, -0.2) is 54.5 Å². The van der Waals surface area contributed by atoms with Crippen molar-refractivity contribution >= 4 is 11.7 Å². The molecule has 0 aliphatic carbocycles. The first kappa shape index (κ1) is 20.7. The summed E-state index contributed by atoms with van der Waals surface area (Å²) >= 11 is 0. The van der Waals surface area contributed by atoms with Gasteiger partial charge in [-0.15, -0.1) is 0 Å². The van der Waals surface area contributed by atoms with E-state index in [1.165, 1.54) is 39.8 Å². The van der Waals surface area contributed by atoms with E-state index in [1.54, 1.807) is 30.6 Å². The van der Waals surface area contributed by atoms with Gasteiger partial charge in [-0.25, -0.2) is 15.0 Å². The van der Waals surface area contributed by atoms with Crippen molar-refractivity contribution in [2.45, 2.75) is 0 Å². The Bertz CT molecular complexity index is 1060. The molecule has 0 bridgehead atoms. The lowest BCUT2D eigenvalue weighted by Gasteiger charge is -2.11. The van der Waals surface area contributed by atoms with Crippen molar-refractivity contribution in [1.82, 2.24) is 20.3 Å². The molecule has 0 aliphatic heterocycles. The molecule has 1 N–H and O–H groups in total. The van der Waals surface area contributed by atoms with Gasteiger partial charge in [0.15, 0.2) is 17.3 Å². The van der Waals surface area contributed by atoms with Gasteiger partial charge < -0.3 is 19.5 Å². The quantitative estimate of drug-likeness (QED) is 0.565. The van der Waals surface area contributed by atoms with Gasteiger partial charge in [0.2, 0.25) is 0 Å². The molecule has 2 aromatic heterocycles. The van der Waals surface area contributed by atoms with Gasteiger partial charge in [0, 0.05) is 23.5 Å². The van der Waals surface area contributed by atoms with Crippen LogP contribution in [-0.2, 0) is 0 Å². The highest BCUT2D eigenvalue weighted by atomic mass is 16.5. The Morgan fingerprint density at radius 2 is 1.57 bits per heavy atom. The highest BCUT2D eigenvalue weighted by Gasteiger charge is 2.16. The van der Waals surface area contributed by atoms with E-state index < -0.39 is 5.91 Å². The van der Waals surface area contributed by atoms with Crippen molar-refractivity contribution in [3.8, 4) is 28.5 Å². The zero-order valence-electron chi connectivity index (χ0n) is 16.7. The number of rotatable bonds is 8. The van der Waals surface area contributed by atoms with Crippen LogP contribution in [0.25, 0.3) is 11.3 Å². The maximum Gasteiger partial charge on any atom is 0.251 e. The van der Waals surface area contributed by atoms with Crippen molar-refractivity contribution < 1.29 is 23.8 Å². The minimum atomic E-state index is -0.422. The minimum absolute atomic E-state index is 0.183. The van der Waals surface area contributed by atoms with Crippen LogP contribution in [0.5, 0.6) is 17.2 Å². The van der Waals surface area contributed by atoms with Gasteiger partial charge >= 0.3 is 0 Å². The molecule has 9 nitrogen and oxygen atoms in total. The molecule has 0 spiro atoms. The lowest BCUT2D eigenvalue weighted by atomic mass is 10.1. The number of carbonyl (C=O) groups excluding carboxylic acids is 2. The zero-order valence-corrected chi connectivity index (χ0v) is 16.7. The number of ketones is 1. The van der Waals surface area contributed by atoms with Crippen LogP contribution in [0.2, 0.25) is 0 Å². The maximum absolute atomic E-state index is 12.6. The van der Waals surface area contributed by atoms with Gasteiger partial charge in [-0.3, -0.25) is 9.59 Å². The third-order valence-corrected chi connectivity index (χ3v) is 4.25. The number of amides is 1. The molecule has 0 fully saturated rings. The summed E-state index contributed by atoms with van der Waals surface area (Å²) < 4.78 is 15.7. The van der Waals surface area contributed by atoms with E-state index in [4.69, 9.17) is 14.2 Å². The van der Waals surface area contributed by atoms with Crippen LogP contribution in [0, 0.1) is 0 Å². The van der Waals surface area contributed by atoms with E-state index in [-0.39, 0.29) is 18.0 Å². The number of benzene rings is 1. The van der Waals surface area contributed by atoms with Gasteiger partial charge in [0.05, 0.1) is 27.9 Å². The van der Waals surface area contributed by atoms with Crippen LogP contribution in [0.3, 0.4) is 0 Å². The van der Waals surface area contributed by atoms with Crippen molar-refractivity contribution in [3.05, 3.63) is 60.3 Å². The average molecular weight is 408 g/mol. The van der Waals surface area contributed by atoms with Gasteiger partial charge in [-0.2, -0.15) is 0 Å². The molecule has 0 saturated carbocycles. The molecule has 0 unspecified atom stereocenters. The number of nitrogens with zero attached hydrogens (tertiary/aromatic N) is 3. The third kappa shape index (κ3) is 4.52. The van der Waals surface area contributed by atoms with Gasteiger partial charge in [0.1, 0.15) is 23.5 Å². The SMILES string of the molecule is COc1ccc(C(=O)NCC(=O)c2ccc(OC)c(-c3cncnc3)n2)cc1OC. The van der Waals surface area contributed by atoms with Crippen molar-refractivity contribution in [3.63, 3.8) is 0 Å². The van der Waals surface area contributed by atoms with Crippen molar-refractivity contribution in [2.24, 2.45) is 0 Å². The molecule has 0 aliphatic rings. The maximum atomic E-state index is 12.6. The van der Waals surface area contributed by atoms with Crippen molar-refractivity contribution in [1.29, 1.82) is 0 Å². The van der Waals surface area contributed by atoms with Crippen LogP contribution in [0.4, 0.5) is 0 Å². The lowest BCUT2D eigenvalue weighted by Crippen LogP contribution is -2.30. The topological polar surface area (TPSA) is 113 Å². The second kappa shape index (κ2) is 9.46. The number of nitrogens with one attached hydrogen (secondary N) is 1. The Labute approximate surface area is 173 Å². The highest BCUT2D eigenvalue weighted by Crippen LogP contribution is 2.28. The molecular formula is C21H20N4O5.